The molecule has 1 N–H and O–H groups in total. The molecule has 3 aromatic rings. The summed E-state index contributed by atoms with van der Waals surface area (Å²) in [6.07, 6.45) is 1.62. The first-order valence-electron chi connectivity index (χ1n) is 7.02. The minimum absolute atomic E-state index is 0.0149. The molecule has 128 valence electrons. The molecule has 0 aliphatic rings. The van der Waals surface area contributed by atoms with Crippen LogP contribution in [-0.4, -0.2) is 20.7 Å². The van der Waals surface area contributed by atoms with E-state index in [1.54, 1.807) is 23.0 Å². The van der Waals surface area contributed by atoms with E-state index in [1.807, 2.05) is 19.2 Å². The lowest BCUT2D eigenvalue weighted by atomic mass is 10.2. The van der Waals surface area contributed by atoms with Gasteiger partial charge in [0.1, 0.15) is 12.1 Å². The van der Waals surface area contributed by atoms with Gasteiger partial charge in [0.15, 0.2) is 5.16 Å². The van der Waals surface area contributed by atoms with Crippen LogP contribution in [0.1, 0.15) is 10.4 Å². The summed E-state index contributed by atoms with van der Waals surface area (Å²) in [6.45, 7) is 0. The van der Waals surface area contributed by atoms with E-state index in [0.29, 0.717) is 5.69 Å². The molecular formula is C16H11Cl2FN4OS. The molecule has 0 bridgehead atoms. The summed E-state index contributed by atoms with van der Waals surface area (Å²) in [4.78, 5) is 13.2. The second-order valence-corrected chi connectivity index (χ2v) is 6.91. The normalized spacial score (nSPS) is 10.7. The summed E-state index contributed by atoms with van der Waals surface area (Å²) >= 11 is 13.0. The van der Waals surface area contributed by atoms with Gasteiger partial charge in [-0.1, -0.05) is 23.2 Å². The van der Waals surface area contributed by atoms with Crippen molar-refractivity contribution in [1.82, 2.24) is 14.8 Å². The van der Waals surface area contributed by atoms with E-state index >= 15 is 0 Å². The number of aromatic nitrogens is 3. The van der Waals surface area contributed by atoms with Crippen LogP contribution < -0.4 is 5.32 Å². The zero-order valence-electron chi connectivity index (χ0n) is 12.8. The minimum Gasteiger partial charge on any atom is -0.322 e. The molecule has 1 aromatic heterocycles. The Morgan fingerprint density at radius 2 is 1.92 bits per heavy atom. The maximum atomic E-state index is 13.5. The van der Waals surface area contributed by atoms with Gasteiger partial charge in [-0.2, -0.15) is 0 Å². The van der Waals surface area contributed by atoms with Gasteiger partial charge in [-0.25, -0.2) is 4.39 Å². The molecule has 0 fully saturated rings. The van der Waals surface area contributed by atoms with Crippen LogP contribution in [0.25, 0.3) is 0 Å². The average molecular weight is 397 g/mol. The fourth-order valence-electron chi connectivity index (χ4n) is 1.97. The van der Waals surface area contributed by atoms with Gasteiger partial charge in [0.25, 0.3) is 5.91 Å². The van der Waals surface area contributed by atoms with E-state index in [0.717, 1.165) is 16.1 Å². The van der Waals surface area contributed by atoms with E-state index < -0.39 is 11.7 Å². The van der Waals surface area contributed by atoms with Gasteiger partial charge < -0.3 is 9.88 Å². The molecule has 25 heavy (non-hydrogen) atoms. The number of nitrogens with zero attached hydrogens (tertiary/aromatic N) is 3. The van der Waals surface area contributed by atoms with Crippen LogP contribution in [0.3, 0.4) is 0 Å². The number of amides is 1. The monoisotopic (exact) mass is 396 g/mol. The number of benzene rings is 2. The van der Waals surface area contributed by atoms with Crippen LogP contribution in [0.2, 0.25) is 10.0 Å². The van der Waals surface area contributed by atoms with Gasteiger partial charge in [-0.3, -0.25) is 4.79 Å². The summed E-state index contributed by atoms with van der Waals surface area (Å²) in [6, 6.07) is 9.35. The summed E-state index contributed by atoms with van der Waals surface area (Å²) in [5.41, 5.74) is 0.569. The molecule has 1 amide bonds. The molecule has 0 aliphatic heterocycles. The highest BCUT2D eigenvalue weighted by atomic mass is 35.5. The Hall–Kier alpha value is -2.09. The summed E-state index contributed by atoms with van der Waals surface area (Å²) < 4.78 is 15.3. The fraction of sp³-hybridized carbons (Fsp3) is 0.0625. The Labute approximate surface area is 157 Å². The molecule has 1 heterocycles. The first-order chi connectivity index (χ1) is 11.9. The Bertz CT molecular complexity index is 930. The number of anilines is 1. The van der Waals surface area contributed by atoms with E-state index in [-0.39, 0.29) is 15.6 Å². The lowest BCUT2D eigenvalue weighted by molar-refractivity contribution is 0.102. The lowest BCUT2D eigenvalue weighted by Crippen LogP contribution is -2.12. The highest BCUT2D eigenvalue weighted by molar-refractivity contribution is 7.99. The third kappa shape index (κ3) is 4.12. The topological polar surface area (TPSA) is 59.8 Å². The van der Waals surface area contributed by atoms with Gasteiger partial charge >= 0.3 is 0 Å². The van der Waals surface area contributed by atoms with Crippen LogP contribution in [0.5, 0.6) is 0 Å². The predicted octanol–water partition coefficient (Wildman–Crippen LogP) is 4.66. The second-order valence-electron chi connectivity index (χ2n) is 5.05. The van der Waals surface area contributed by atoms with Crippen molar-refractivity contribution in [3.05, 3.63) is 64.2 Å². The number of hydrogen-bond acceptors (Lipinski definition) is 4. The van der Waals surface area contributed by atoms with Crippen molar-refractivity contribution in [2.75, 3.05) is 5.32 Å². The predicted molar refractivity (Wildman–Crippen MR) is 95.9 cm³/mol. The van der Waals surface area contributed by atoms with Gasteiger partial charge in [0.2, 0.25) is 0 Å². The van der Waals surface area contributed by atoms with Gasteiger partial charge in [0.05, 0.1) is 15.6 Å². The molecule has 0 radical (unpaired) electrons. The Kier molecular flexibility index (Phi) is 5.27. The average Bonchev–Trinajstić information content (AvgIpc) is 2.97. The summed E-state index contributed by atoms with van der Waals surface area (Å²) in [5, 5.41) is 11.2. The standard InChI is InChI=1S/C16H11Cl2FN4OS/c1-23-8-20-22-16(23)25-10-4-2-9(3-5-10)21-15(24)11-6-14(19)13(18)7-12(11)17/h2-8H,1H3,(H,21,24). The van der Waals surface area contributed by atoms with E-state index in [9.17, 15) is 9.18 Å². The van der Waals surface area contributed by atoms with Gasteiger partial charge in [-0.15, -0.1) is 10.2 Å². The third-order valence-corrected chi connectivity index (χ3v) is 4.91. The number of aryl methyl sites for hydroxylation is 1. The van der Waals surface area contributed by atoms with E-state index in [1.165, 1.54) is 17.8 Å². The van der Waals surface area contributed by atoms with E-state index in [2.05, 4.69) is 15.5 Å². The van der Waals surface area contributed by atoms with Crippen molar-refractivity contribution in [1.29, 1.82) is 0 Å². The largest absolute Gasteiger partial charge is 0.322 e. The molecule has 0 aliphatic carbocycles. The SMILES string of the molecule is Cn1cnnc1Sc1ccc(NC(=O)c2cc(F)c(Cl)cc2Cl)cc1. The van der Waals surface area contributed by atoms with Gasteiger partial charge in [0, 0.05) is 17.6 Å². The number of carbonyl (C=O) groups is 1. The maximum Gasteiger partial charge on any atom is 0.257 e. The van der Waals surface area contributed by atoms with Crippen molar-refractivity contribution in [3.8, 4) is 0 Å². The van der Waals surface area contributed by atoms with Crippen LogP contribution in [0, 0.1) is 5.82 Å². The minimum atomic E-state index is -0.702. The van der Waals surface area contributed by atoms with Crippen LogP contribution in [0.15, 0.2) is 52.8 Å². The zero-order chi connectivity index (χ0) is 18.0. The number of rotatable bonds is 4. The molecule has 3 rings (SSSR count). The molecule has 2 aromatic carbocycles. The second kappa shape index (κ2) is 7.43. The molecule has 0 spiro atoms. The molecule has 0 atom stereocenters. The summed E-state index contributed by atoms with van der Waals surface area (Å²) in [7, 11) is 1.85. The van der Waals surface area contributed by atoms with E-state index in [4.69, 9.17) is 23.2 Å². The molecule has 0 saturated carbocycles. The number of hydrogen-bond donors (Lipinski definition) is 1. The maximum absolute atomic E-state index is 13.5. The molecule has 5 nitrogen and oxygen atoms in total. The first kappa shape index (κ1) is 17.7. The van der Waals surface area contributed by atoms with Crippen LogP contribution in [-0.2, 0) is 7.05 Å². The Morgan fingerprint density at radius 3 is 2.56 bits per heavy atom. The highest BCUT2D eigenvalue weighted by Crippen LogP contribution is 2.28. The smallest absolute Gasteiger partial charge is 0.257 e. The quantitative estimate of drug-likeness (QED) is 0.651. The highest BCUT2D eigenvalue weighted by Gasteiger charge is 2.14. The third-order valence-electron chi connectivity index (χ3n) is 3.25. The number of halogens is 3. The molecule has 0 saturated heterocycles. The van der Waals surface area contributed by atoms with Crippen LogP contribution >= 0.6 is 35.0 Å². The zero-order valence-corrected chi connectivity index (χ0v) is 15.2. The number of nitrogens with one attached hydrogen (secondary N) is 1. The van der Waals surface area contributed by atoms with Crippen molar-refractivity contribution in [2.45, 2.75) is 10.1 Å². The van der Waals surface area contributed by atoms with Gasteiger partial charge in [-0.05, 0) is 48.2 Å². The van der Waals surface area contributed by atoms with Crippen molar-refractivity contribution in [2.24, 2.45) is 7.05 Å². The van der Waals surface area contributed by atoms with Crippen molar-refractivity contribution < 1.29 is 9.18 Å². The Morgan fingerprint density at radius 1 is 1.20 bits per heavy atom. The Balaban J connectivity index is 1.72. The molecule has 0 unspecified atom stereocenters. The molecule has 9 heteroatoms. The first-order valence-corrected chi connectivity index (χ1v) is 8.59. The van der Waals surface area contributed by atoms with Crippen LogP contribution in [0.4, 0.5) is 10.1 Å². The lowest BCUT2D eigenvalue weighted by Gasteiger charge is -2.08. The van der Waals surface area contributed by atoms with Crippen molar-refractivity contribution >= 4 is 46.6 Å². The summed E-state index contributed by atoms with van der Waals surface area (Å²) in [5.74, 6) is -1.22. The fourth-order valence-corrected chi connectivity index (χ4v) is 3.20. The number of carbonyl (C=O) groups excluding carboxylic acids is 1. The van der Waals surface area contributed by atoms with Crippen molar-refractivity contribution in [3.63, 3.8) is 0 Å². The molecular weight excluding hydrogens is 386 g/mol.